The van der Waals surface area contributed by atoms with Gasteiger partial charge in [0.2, 0.25) is 0 Å². The van der Waals surface area contributed by atoms with E-state index in [4.69, 9.17) is 10.00 Å². The molecule has 1 aliphatic heterocycles. The van der Waals surface area contributed by atoms with E-state index >= 15 is 0 Å². The van der Waals surface area contributed by atoms with Crippen molar-refractivity contribution >= 4 is 0 Å². The fourth-order valence-electron chi connectivity index (χ4n) is 1.67. The van der Waals surface area contributed by atoms with Gasteiger partial charge in [-0.1, -0.05) is 0 Å². The molecule has 1 atom stereocenters. The summed E-state index contributed by atoms with van der Waals surface area (Å²) in [7, 11) is 0. The van der Waals surface area contributed by atoms with Crippen molar-refractivity contribution in [2.75, 3.05) is 19.7 Å². The van der Waals surface area contributed by atoms with Crippen LogP contribution in [-0.4, -0.2) is 24.8 Å². The molecule has 0 bridgehead atoms. The second-order valence-corrected chi connectivity index (χ2v) is 3.57. The SMILES string of the molecule is N#Cc1cc(C2CNCCO2)cc(F)c1O. The highest BCUT2D eigenvalue weighted by atomic mass is 19.1. The molecule has 0 aliphatic carbocycles. The zero-order valence-corrected chi connectivity index (χ0v) is 8.53. The zero-order chi connectivity index (χ0) is 11.5. The average Bonchev–Trinajstić information content (AvgIpc) is 2.33. The van der Waals surface area contributed by atoms with E-state index in [-0.39, 0.29) is 11.7 Å². The standard InChI is InChI=1S/C11H11FN2O2/c12-9-4-7(3-8(5-13)11(9)15)10-6-14-1-2-16-10/h3-4,10,14-15H,1-2,6H2. The maximum Gasteiger partial charge on any atom is 0.169 e. The quantitative estimate of drug-likeness (QED) is 0.745. The molecule has 1 heterocycles. The van der Waals surface area contributed by atoms with Crippen molar-refractivity contribution < 1.29 is 14.2 Å². The number of halogens is 1. The minimum absolute atomic E-state index is 0.0656. The Balaban J connectivity index is 2.34. The number of aromatic hydroxyl groups is 1. The van der Waals surface area contributed by atoms with Crippen molar-refractivity contribution in [3.8, 4) is 11.8 Å². The molecule has 1 unspecified atom stereocenters. The molecule has 2 rings (SSSR count). The number of morpholine rings is 1. The second kappa shape index (κ2) is 4.47. The van der Waals surface area contributed by atoms with Gasteiger partial charge in [-0.05, 0) is 17.7 Å². The van der Waals surface area contributed by atoms with E-state index in [1.54, 1.807) is 6.07 Å². The Morgan fingerprint density at radius 3 is 3.00 bits per heavy atom. The molecule has 1 aromatic carbocycles. The molecule has 1 saturated heterocycles. The maximum atomic E-state index is 13.3. The molecule has 0 aromatic heterocycles. The molecule has 1 aliphatic rings. The number of benzene rings is 1. The van der Waals surface area contributed by atoms with Crippen molar-refractivity contribution in [2.45, 2.75) is 6.10 Å². The van der Waals surface area contributed by atoms with Gasteiger partial charge in [-0.25, -0.2) is 4.39 Å². The molecule has 0 spiro atoms. The number of nitrogens with zero attached hydrogens (tertiary/aromatic N) is 1. The molecule has 0 saturated carbocycles. The largest absolute Gasteiger partial charge is 0.504 e. The molecule has 84 valence electrons. The van der Waals surface area contributed by atoms with E-state index in [2.05, 4.69) is 5.32 Å². The Labute approximate surface area is 92.3 Å². The number of phenols is 1. The normalized spacial score (nSPS) is 20.4. The molecule has 1 aromatic rings. The summed E-state index contributed by atoms with van der Waals surface area (Å²) in [6.45, 7) is 1.90. The average molecular weight is 222 g/mol. The van der Waals surface area contributed by atoms with Crippen LogP contribution in [0.1, 0.15) is 17.2 Å². The maximum absolute atomic E-state index is 13.3. The fraction of sp³-hybridized carbons (Fsp3) is 0.364. The van der Waals surface area contributed by atoms with Crippen molar-refractivity contribution in [3.63, 3.8) is 0 Å². The third-order valence-electron chi connectivity index (χ3n) is 2.51. The molecule has 4 nitrogen and oxygen atoms in total. The number of hydrogen-bond acceptors (Lipinski definition) is 4. The van der Waals surface area contributed by atoms with Crippen LogP contribution in [0.3, 0.4) is 0 Å². The van der Waals surface area contributed by atoms with E-state index in [0.29, 0.717) is 18.7 Å². The summed E-state index contributed by atoms with van der Waals surface area (Å²) in [6.07, 6.45) is -0.268. The lowest BCUT2D eigenvalue weighted by Gasteiger charge is -2.24. The van der Waals surface area contributed by atoms with E-state index in [9.17, 15) is 9.50 Å². The lowest BCUT2D eigenvalue weighted by molar-refractivity contribution is 0.0275. The first-order valence-electron chi connectivity index (χ1n) is 4.97. The summed E-state index contributed by atoms with van der Waals surface area (Å²) >= 11 is 0. The molecule has 5 heteroatoms. The minimum Gasteiger partial charge on any atom is -0.504 e. The summed E-state index contributed by atoms with van der Waals surface area (Å²) in [5, 5.41) is 21.1. The predicted octanol–water partition coefficient (Wildman–Crippen LogP) is 1.06. The number of rotatable bonds is 1. The number of phenolic OH excluding ortho intramolecular Hbond substituents is 1. The van der Waals surface area contributed by atoms with Gasteiger partial charge < -0.3 is 15.2 Å². The van der Waals surface area contributed by atoms with Crippen LogP contribution in [0.15, 0.2) is 12.1 Å². The lowest BCUT2D eigenvalue weighted by atomic mass is 10.0. The first-order chi connectivity index (χ1) is 7.72. The van der Waals surface area contributed by atoms with Gasteiger partial charge in [0, 0.05) is 13.1 Å². The Morgan fingerprint density at radius 1 is 1.56 bits per heavy atom. The highest BCUT2D eigenvalue weighted by Crippen LogP contribution is 2.27. The number of hydrogen-bond donors (Lipinski definition) is 2. The minimum atomic E-state index is -0.789. The molecular formula is C11H11FN2O2. The second-order valence-electron chi connectivity index (χ2n) is 3.57. The first kappa shape index (κ1) is 10.9. The third kappa shape index (κ3) is 1.98. The zero-order valence-electron chi connectivity index (χ0n) is 8.53. The summed E-state index contributed by atoms with van der Waals surface area (Å²) in [6, 6.07) is 4.41. The van der Waals surface area contributed by atoms with Crippen LogP contribution in [0.2, 0.25) is 0 Å². The Kier molecular flexibility index (Phi) is 3.04. The van der Waals surface area contributed by atoms with Crippen LogP contribution in [0.4, 0.5) is 4.39 Å². The van der Waals surface area contributed by atoms with Crippen molar-refractivity contribution in [2.24, 2.45) is 0 Å². The van der Waals surface area contributed by atoms with Gasteiger partial charge in [0.1, 0.15) is 6.07 Å². The molecule has 1 fully saturated rings. The highest BCUT2D eigenvalue weighted by molar-refractivity contribution is 5.46. The van der Waals surface area contributed by atoms with Crippen LogP contribution in [0.5, 0.6) is 5.75 Å². The predicted molar refractivity (Wildman–Crippen MR) is 54.3 cm³/mol. The first-order valence-corrected chi connectivity index (χ1v) is 4.97. The van der Waals surface area contributed by atoms with Crippen molar-refractivity contribution in [1.82, 2.24) is 5.32 Å². The van der Waals surface area contributed by atoms with E-state index in [1.165, 1.54) is 12.1 Å². The third-order valence-corrected chi connectivity index (χ3v) is 2.51. The van der Waals surface area contributed by atoms with Gasteiger partial charge in [0.15, 0.2) is 11.6 Å². The fourth-order valence-corrected chi connectivity index (χ4v) is 1.67. The number of ether oxygens (including phenoxy) is 1. The van der Waals surface area contributed by atoms with E-state index in [0.717, 1.165) is 6.54 Å². The van der Waals surface area contributed by atoms with Gasteiger partial charge >= 0.3 is 0 Å². The molecule has 0 amide bonds. The summed E-state index contributed by atoms with van der Waals surface area (Å²) in [4.78, 5) is 0. The van der Waals surface area contributed by atoms with Gasteiger partial charge in [-0.15, -0.1) is 0 Å². The smallest absolute Gasteiger partial charge is 0.169 e. The van der Waals surface area contributed by atoms with Crippen molar-refractivity contribution in [3.05, 3.63) is 29.1 Å². The summed E-state index contributed by atoms with van der Waals surface area (Å²) < 4.78 is 18.7. The molecule has 0 radical (unpaired) electrons. The molecule has 16 heavy (non-hydrogen) atoms. The summed E-state index contributed by atoms with van der Waals surface area (Å²) in [5.74, 6) is -1.39. The molecule has 2 N–H and O–H groups in total. The van der Waals surface area contributed by atoms with Crippen LogP contribution in [0, 0.1) is 17.1 Å². The lowest BCUT2D eigenvalue weighted by Crippen LogP contribution is -2.33. The topological polar surface area (TPSA) is 65.3 Å². The van der Waals surface area contributed by atoms with Crippen LogP contribution in [-0.2, 0) is 4.74 Å². The van der Waals surface area contributed by atoms with Crippen molar-refractivity contribution in [1.29, 1.82) is 5.26 Å². The van der Waals surface area contributed by atoms with Crippen LogP contribution >= 0.6 is 0 Å². The number of nitrogens with one attached hydrogen (secondary N) is 1. The monoisotopic (exact) mass is 222 g/mol. The van der Waals surface area contributed by atoms with Crippen LogP contribution < -0.4 is 5.32 Å². The van der Waals surface area contributed by atoms with Crippen LogP contribution in [0.25, 0.3) is 0 Å². The number of nitriles is 1. The Hall–Kier alpha value is -1.64. The Bertz CT molecular complexity index is 436. The van der Waals surface area contributed by atoms with Gasteiger partial charge in [0.05, 0.1) is 18.3 Å². The summed E-state index contributed by atoms with van der Waals surface area (Å²) in [5.41, 5.74) is 0.503. The Morgan fingerprint density at radius 2 is 2.38 bits per heavy atom. The molecular weight excluding hydrogens is 211 g/mol. The van der Waals surface area contributed by atoms with Gasteiger partial charge in [-0.3, -0.25) is 0 Å². The van der Waals surface area contributed by atoms with E-state index < -0.39 is 11.6 Å². The van der Waals surface area contributed by atoms with E-state index in [1.807, 2.05) is 0 Å². The van der Waals surface area contributed by atoms with Gasteiger partial charge in [-0.2, -0.15) is 5.26 Å². The van der Waals surface area contributed by atoms with Gasteiger partial charge in [0.25, 0.3) is 0 Å². The highest BCUT2D eigenvalue weighted by Gasteiger charge is 2.19.